The van der Waals surface area contributed by atoms with E-state index in [9.17, 15) is 9.59 Å². The van der Waals surface area contributed by atoms with Gasteiger partial charge in [-0.25, -0.2) is 0 Å². The Morgan fingerprint density at radius 1 is 1.31 bits per heavy atom. The Balaban J connectivity index is 2.75. The number of hydrogen-bond acceptors (Lipinski definition) is 2. The average molecular weight is 217 g/mol. The quantitative estimate of drug-likeness (QED) is 0.725. The maximum Gasteiger partial charge on any atom is 0.257 e. The molecular weight excluding hydrogens is 202 g/mol. The fourth-order valence-electron chi connectivity index (χ4n) is 1.36. The molecule has 0 spiro atoms. The normalized spacial score (nSPS) is 11.0. The fourth-order valence-corrected chi connectivity index (χ4v) is 1.36. The first kappa shape index (κ1) is 12.2. The monoisotopic (exact) mass is 217 g/mol. The third-order valence-electron chi connectivity index (χ3n) is 2.16. The second kappa shape index (κ2) is 5.85. The molecule has 1 aromatic rings. The van der Waals surface area contributed by atoms with Crippen LogP contribution in [0.15, 0.2) is 42.1 Å². The maximum atomic E-state index is 11.9. The van der Waals surface area contributed by atoms with E-state index in [1.165, 1.54) is 4.90 Å². The van der Waals surface area contributed by atoms with E-state index in [0.29, 0.717) is 12.0 Å². The Labute approximate surface area is 95.4 Å². The highest BCUT2D eigenvalue weighted by Gasteiger charge is 2.08. The van der Waals surface area contributed by atoms with Gasteiger partial charge in [0.05, 0.1) is 0 Å². The summed E-state index contributed by atoms with van der Waals surface area (Å²) < 4.78 is 0. The van der Waals surface area contributed by atoms with Crippen LogP contribution in [0, 0.1) is 0 Å². The first-order valence-corrected chi connectivity index (χ1v) is 5.08. The largest absolute Gasteiger partial charge is 0.318 e. The number of benzene rings is 1. The number of rotatable bonds is 4. The number of hydrogen-bond donors (Lipinski definition) is 0. The van der Waals surface area contributed by atoms with Crippen molar-refractivity contribution in [1.82, 2.24) is 4.90 Å². The van der Waals surface area contributed by atoms with Crippen LogP contribution in [0.1, 0.15) is 23.7 Å². The van der Waals surface area contributed by atoms with Gasteiger partial charge >= 0.3 is 0 Å². The molecule has 3 nitrogen and oxygen atoms in total. The highest BCUT2D eigenvalue weighted by molar-refractivity contribution is 5.94. The second-order valence-corrected chi connectivity index (χ2v) is 3.63. The zero-order valence-electron chi connectivity index (χ0n) is 9.51. The lowest BCUT2D eigenvalue weighted by atomic mass is 10.2. The molecule has 0 radical (unpaired) electrons. The third-order valence-corrected chi connectivity index (χ3v) is 2.16. The molecule has 0 aliphatic heterocycles. The lowest BCUT2D eigenvalue weighted by molar-refractivity contribution is -0.107. The maximum absolute atomic E-state index is 11.9. The van der Waals surface area contributed by atoms with Gasteiger partial charge in [0.25, 0.3) is 5.91 Å². The van der Waals surface area contributed by atoms with Crippen LogP contribution in [0.3, 0.4) is 0 Å². The van der Waals surface area contributed by atoms with Crippen molar-refractivity contribution in [2.45, 2.75) is 13.3 Å². The summed E-state index contributed by atoms with van der Waals surface area (Å²) in [6, 6.07) is 9.04. The van der Waals surface area contributed by atoms with Gasteiger partial charge < -0.3 is 9.69 Å². The van der Waals surface area contributed by atoms with Crippen LogP contribution in [-0.4, -0.2) is 24.1 Å². The minimum atomic E-state index is -0.0779. The van der Waals surface area contributed by atoms with Crippen molar-refractivity contribution < 1.29 is 9.59 Å². The van der Waals surface area contributed by atoms with Crippen LogP contribution in [0.5, 0.6) is 0 Å². The summed E-state index contributed by atoms with van der Waals surface area (Å²) in [7, 11) is 1.68. The zero-order valence-corrected chi connectivity index (χ0v) is 9.51. The van der Waals surface area contributed by atoms with Crippen molar-refractivity contribution in [1.29, 1.82) is 0 Å². The van der Waals surface area contributed by atoms with Gasteiger partial charge in [-0.15, -0.1) is 0 Å². The molecule has 0 aromatic heterocycles. The van der Waals surface area contributed by atoms with E-state index in [-0.39, 0.29) is 5.91 Å². The van der Waals surface area contributed by atoms with E-state index >= 15 is 0 Å². The summed E-state index contributed by atoms with van der Waals surface area (Å²) in [5, 5.41) is 0. The van der Waals surface area contributed by atoms with Crippen molar-refractivity contribution in [3.05, 3.63) is 47.7 Å². The Bertz CT molecular complexity index is 396. The number of nitrogens with zero attached hydrogens (tertiary/aromatic N) is 1. The predicted octanol–water partition coefficient (Wildman–Crippen LogP) is 2.25. The highest BCUT2D eigenvalue weighted by Crippen LogP contribution is 2.06. The first-order valence-electron chi connectivity index (χ1n) is 5.08. The molecule has 1 rings (SSSR count). The van der Waals surface area contributed by atoms with Gasteiger partial charge in [-0.3, -0.25) is 4.79 Å². The molecule has 0 N–H and O–H groups in total. The molecule has 0 bridgehead atoms. The summed E-state index contributed by atoms with van der Waals surface area (Å²) in [6.07, 6.45) is 2.86. The number of allylic oxidation sites excluding steroid dienone is 1. The van der Waals surface area contributed by atoms with E-state index in [1.54, 1.807) is 25.4 Å². The SMILES string of the molecule is C/C(=C\N(C)C(=O)c1ccccc1)CC=O. The van der Waals surface area contributed by atoms with Gasteiger partial charge in [-0.2, -0.15) is 0 Å². The van der Waals surface area contributed by atoms with E-state index in [0.717, 1.165) is 11.9 Å². The van der Waals surface area contributed by atoms with Gasteiger partial charge in [0, 0.05) is 25.2 Å². The molecule has 3 heteroatoms. The van der Waals surface area contributed by atoms with E-state index < -0.39 is 0 Å². The van der Waals surface area contributed by atoms with Crippen LogP contribution < -0.4 is 0 Å². The van der Waals surface area contributed by atoms with Crippen LogP contribution in [0.4, 0.5) is 0 Å². The minimum absolute atomic E-state index is 0.0779. The van der Waals surface area contributed by atoms with E-state index in [4.69, 9.17) is 0 Å². The molecule has 0 unspecified atom stereocenters. The average Bonchev–Trinajstić information content (AvgIpc) is 2.29. The topological polar surface area (TPSA) is 37.4 Å². The molecule has 0 atom stereocenters. The van der Waals surface area contributed by atoms with Gasteiger partial charge in [-0.1, -0.05) is 18.2 Å². The van der Waals surface area contributed by atoms with Gasteiger partial charge in [-0.05, 0) is 24.6 Å². The number of carbonyl (C=O) groups excluding carboxylic acids is 2. The summed E-state index contributed by atoms with van der Waals surface area (Å²) in [6.45, 7) is 1.82. The van der Waals surface area contributed by atoms with E-state index in [2.05, 4.69) is 0 Å². The lowest BCUT2D eigenvalue weighted by Gasteiger charge is -2.13. The van der Waals surface area contributed by atoms with Gasteiger partial charge in [0.2, 0.25) is 0 Å². The number of amides is 1. The van der Waals surface area contributed by atoms with Crippen LogP contribution >= 0.6 is 0 Å². The fraction of sp³-hybridized carbons (Fsp3) is 0.231. The van der Waals surface area contributed by atoms with Crippen molar-refractivity contribution in [3.63, 3.8) is 0 Å². The molecule has 16 heavy (non-hydrogen) atoms. The highest BCUT2D eigenvalue weighted by atomic mass is 16.2. The molecule has 0 saturated carbocycles. The molecule has 0 aliphatic carbocycles. The molecule has 84 valence electrons. The van der Waals surface area contributed by atoms with Crippen LogP contribution in [0.2, 0.25) is 0 Å². The van der Waals surface area contributed by atoms with Gasteiger partial charge in [0.15, 0.2) is 0 Å². The van der Waals surface area contributed by atoms with Crippen molar-refractivity contribution in [2.24, 2.45) is 0 Å². The molecular formula is C13H15NO2. The summed E-state index contributed by atoms with van der Waals surface area (Å²) in [5.74, 6) is -0.0779. The predicted molar refractivity (Wildman–Crippen MR) is 63.0 cm³/mol. The number of carbonyl (C=O) groups is 2. The Hall–Kier alpha value is -1.90. The Kier molecular flexibility index (Phi) is 4.45. The molecule has 1 amide bonds. The first-order chi connectivity index (χ1) is 7.65. The molecule has 1 aromatic carbocycles. The molecule has 0 aliphatic rings. The standard InChI is InChI=1S/C13H15NO2/c1-11(8-9-15)10-14(2)13(16)12-6-4-3-5-7-12/h3-7,9-10H,8H2,1-2H3/b11-10+. The molecule has 0 fully saturated rings. The third kappa shape index (κ3) is 3.35. The van der Waals surface area contributed by atoms with Gasteiger partial charge in [0.1, 0.15) is 6.29 Å². The van der Waals surface area contributed by atoms with Crippen molar-refractivity contribution in [3.8, 4) is 0 Å². The molecule has 0 saturated heterocycles. The second-order valence-electron chi connectivity index (χ2n) is 3.63. The summed E-state index contributed by atoms with van der Waals surface area (Å²) in [5.41, 5.74) is 1.50. The zero-order chi connectivity index (χ0) is 12.0. The Morgan fingerprint density at radius 3 is 2.50 bits per heavy atom. The van der Waals surface area contributed by atoms with Crippen molar-refractivity contribution >= 4 is 12.2 Å². The summed E-state index contributed by atoms with van der Waals surface area (Å²) in [4.78, 5) is 23.7. The minimum Gasteiger partial charge on any atom is -0.318 e. The van der Waals surface area contributed by atoms with Crippen LogP contribution in [0.25, 0.3) is 0 Å². The Morgan fingerprint density at radius 2 is 1.94 bits per heavy atom. The number of aldehydes is 1. The lowest BCUT2D eigenvalue weighted by Crippen LogP contribution is -2.21. The van der Waals surface area contributed by atoms with Crippen LogP contribution in [-0.2, 0) is 4.79 Å². The van der Waals surface area contributed by atoms with E-state index in [1.807, 2.05) is 25.1 Å². The summed E-state index contributed by atoms with van der Waals surface area (Å²) >= 11 is 0. The molecule has 0 heterocycles. The smallest absolute Gasteiger partial charge is 0.257 e. The van der Waals surface area contributed by atoms with Crippen molar-refractivity contribution in [2.75, 3.05) is 7.05 Å².